The Morgan fingerprint density at radius 1 is 1.53 bits per heavy atom. The largest absolute Gasteiger partial charge is 0.496 e. The minimum Gasteiger partial charge on any atom is -0.496 e. The van der Waals surface area contributed by atoms with E-state index in [1.165, 1.54) is 7.11 Å². The summed E-state index contributed by atoms with van der Waals surface area (Å²) in [5.41, 5.74) is 1.43. The van der Waals surface area contributed by atoms with Crippen LogP contribution >= 0.6 is 0 Å². The number of aliphatic hydroxyl groups is 1. The highest BCUT2D eigenvalue weighted by molar-refractivity contribution is 5.94. The smallest absolute Gasteiger partial charge is 0.276 e. The van der Waals surface area contributed by atoms with Gasteiger partial charge in [0.2, 0.25) is 0 Å². The molecule has 1 unspecified atom stereocenters. The molecule has 6 heteroatoms. The van der Waals surface area contributed by atoms with Crippen LogP contribution in [0.3, 0.4) is 0 Å². The lowest BCUT2D eigenvalue weighted by Crippen LogP contribution is -2.54. The molecule has 6 nitrogen and oxygen atoms in total. The number of aliphatic hydroxyl groups excluding tert-OH is 1. The molecule has 0 aromatic carbocycles. The van der Waals surface area contributed by atoms with Crippen molar-refractivity contribution in [1.82, 2.24) is 14.9 Å². The Morgan fingerprint density at radius 3 is 3.00 bits per heavy atom. The summed E-state index contributed by atoms with van der Waals surface area (Å²) < 4.78 is 5.19. The van der Waals surface area contributed by atoms with Gasteiger partial charge in [-0.3, -0.25) is 9.80 Å². The number of carbonyl (C=O) groups is 1. The van der Waals surface area contributed by atoms with Crippen LogP contribution in [0, 0.1) is 0 Å². The summed E-state index contributed by atoms with van der Waals surface area (Å²) in [5.74, 6) is 0.224. The van der Waals surface area contributed by atoms with Crippen LogP contribution in [-0.2, 0) is 9.53 Å². The topological polar surface area (TPSA) is 56.3 Å². The zero-order valence-corrected chi connectivity index (χ0v) is 9.88. The SMILES string of the molecule is COC1=C2C(=O)N(C)CN3CCC(=CC1O)N23. The highest BCUT2D eigenvalue weighted by atomic mass is 16.5. The van der Waals surface area contributed by atoms with E-state index < -0.39 is 6.10 Å². The van der Waals surface area contributed by atoms with Crippen molar-refractivity contribution in [1.29, 1.82) is 0 Å². The van der Waals surface area contributed by atoms with E-state index in [1.807, 2.05) is 5.01 Å². The van der Waals surface area contributed by atoms with Crippen LogP contribution in [0.5, 0.6) is 0 Å². The highest BCUT2D eigenvalue weighted by Gasteiger charge is 2.44. The summed E-state index contributed by atoms with van der Waals surface area (Å²) in [6, 6.07) is 0. The van der Waals surface area contributed by atoms with Crippen LogP contribution in [-0.4, -0.2) is 59.4 Å². The fraction of sp³-hybridized carbons (Fsp3) is 0.545. The van der Waals surface area contributed by atoms with Crippen molar-refractivity contribution < 1.29 is 14.6 Å². The Labute approximate surface area is 99.3 Å². The van der Waals surface area contributed by atoms with Crippen LogP contribution < -0.4 is 0 Å². The Kier molecular flexibility index (Phi) is 2.17. The first kappa shape index (κ1) is 10.6. The number of carbonyl (C=O) groups excluding carboxylic acids is 1. The molecule has 92 valence electrons. The Morgan fingerprint density at radius 2 is 2.29 bits per heavy atom. The maximum Gasteiger partial charge on any atom is 0.276 e. The summed E-state index contributed by atoms with van der Waals surface area (Å²) in [6.45, 7) is 1.43. The van der Waals surface area contributed by atoms with E-state index in [9.17, 15) is 9.90 Å². The minimum absolute atomic E-state index is 0.107. The Hall–Kier alpha value is -1.53. The molecule has 0 radical (unpaired) electrons. The molecular weight excluding hydrogens is 222 g/mol. The summed E-state index contributed by atoms with van der Waals surface area (Å²) >= 11 is 0. The number of hydrogen-bond donors (Lipinski definition) is 1. The first-order valence-corrected chi connectivity index (χ1v) is 5.61. The van der Waals surface area contributed by atoms with E-state index in [-0.39, 0.29) is 5.91 Å². The molecule has 0 aromatic rings. The third-order valence-electron chi connectivity index (χ3n) is 3.39. The molecule has 2 fully saturated rings. The molecule has 3 heterocycles. The fourth-order valence-corrected chi connectivity index (χ4v) is 2.61. The van der Waals surface area contributed by atoms with Gasteiger partial charge in [-0.1, -0.05) is 0 Å². The number of hydrazine groups is 1. The van der Waals surface area contributed by atoms with Gasteiger partial charge in [-0.15, -0.1) is 0 Å². The van der Waals surface area contributed by atoms with Crippen molar-refractivity contribution in [3.05, 3.63) is 23.2 Å². The number of methoxy groups -OCH3 is 1. The van der Waals surface area contributed by atoms with Gasteiger partial charge in [0.25, 0.3) is 5.91 Å². The summed E-state index contributed by atoms with van der Waals surface area (Å²) in [4.78, 5) is 13.8. The first-order valence-electron chi connectivity index (χ1n) is 5.61. The Bertz CT molecular complexity index is 443. The predicted molar refractivity (Wildman–Crippen MR) is 58.9 cm³/mol. The molecule has 17 heavy (non-hydrogen) atoms. The molecule has 1 atom stereocenters. The second-order valence-corrected chi connectivity index (χ2v) is 4.46. The average Bonchev–Trinajstić information content (AvgIpc) is 2.68. The van der Waals surface area contributed by atoms with Crippen molar-refractivity contribution in [2.24, 2.45) is 0 Å². The second kappa shape index (κ2) is 3.48. The standard InChI is InChI=1S/C11H15N3O3/c1-12-6-13-4-3-7-5-8(15)10(17-2)9(11(12)16)14(7)13/h5,8,15H,3-4,6H2,1-2H3. The van der Waals surface area contributed by atoms with Gasteiger partial charge in [0.1, 0.15) is 6.10 Å². The van der Waals surface area contributed by atoms with Crippen LogP contribution in [0.2, 0.25) is 0 Å². The van der Waals surface area contributed by atoms with Gasteiger partial charge in [-0.05, 0) is 6.08 Å². The maximum atomic E-state index is 12.2. The number of rotatable bonds is 1. The van der Waals surface area contributed by atoms with Crippen LogP contribution in [0.15, 0.2) is 23.2 Å². The third kappa shape index (κ3) is 1.31. The van der Waals surface area contributed by atoms with Gasteiger partial charge < -0.3 is 14.7 Å². The molecule has 3 aliphatic heterocycles. The maximum absolute atomic E-state index is 12.2. The molecule has 3 aliphatic rings. The van der Waals surface area contributed by atoms with Gasteiger partial charge in [0, 0.05) is 25.7 Å². The predicted octanol–water partition coefficient (Wildman–Crippen LogP) is -0.545. The number of hydrogen-bond acceptors (Lipinski definition) is 5. The summed E-state index contributed by atoms with van der Waals surface area (Å²) in [7, 11) is 3.23. The van der Waals surface area contributed by atoms with E-state index in [1.54, 1.807) is 18.0 Å². The quantitative estimate of drug-likeness (QED) is 0.663. The van der Waals surface area contributed by atoms with Gasteiger partial charge in [-0.2, -0.15) is 5.01 Å². The molecule has 3 rings (SSSR count). The third-order valence-corrected chi connectivity index (χ3v) is 3.39. The molecule has 0 aromatic heterocycles. The van der Waals surface area contributed by atoms with Crippen LogP contribution in [0.1, 0.15) is 6.42 Å². The first-order chi connectivity index (χ1) is 8.13. The minimum atomic E-state index is -0.823. The van der Waals surface area contributed by atoms with E-state index >= 15 is 0 Å². The van der Waals surface area contributed by atoms with Crippen LogP contribution in [0.4, 0.5) is 0 Å². The van der Waals surface area contributed by atoms with Gasteiger partial charge >= 0.3 is 0 Å². The highest BCUT2D eigenvalue weighted by Crippen LogP contribution is 2.37. The zero-order chi connectivity index (χ0) is 12.2. The lowest BCUT2D eigenvalue weighted by Gasteiger charge is -2.42. The van der Waals surface area contributed by atoms with Gasteiger partial charge in [0.05, 0.1) is 13.8 Å². The van der Waals surface area contributed by atoms with E-state index in [2.05, 4.69) is 5.01 Å². The lowest BCUT2D eigenvalue weighted by atomic mass is 10.1. The number of nitrogens with zero attached hydrogens (tertiary/aromatic N) is 3. The fourth-order valence-electron chi connectivity index (χ4n) is 2.61. The van der Waals surface area contributed by atoms with E-state index in [0.29, 0.717) is 18.1 Å². The van der Waals surface area contributed by atoms with Crippen molar-refractivity contribution in [3.8, 4) is 0 Å². The molecule has 2 saturated heterocycles. The van der Waals surface area contributed by atoms with E-state index in [0.717, 1.165) is 18.7 Å². The van der Waals surface area contributed by atoms with Crippen molar-refractivity contribution in [2.75, 3.05) is 27.4 Å². The number of amides is 1. The number of likely N-dealkylation sites (N-methyl/N-ethyl adjacent to an activating group) is 1. The van der Waals surface area contributed by atoms with Crippen molar-refractivity contribution >= 4 is 5.91 Å². The van der Waals surface area contributed by atoms with Crippen molar-refractivity contribution in [3.63, 3.8) is 0 Å². The Balaban J connectivity index is 2.13. The van der Waals surface area contributed by atoms with Crippen molar-refractivity contribution in [2.45, 2.75) is 12.5 Å². The molecule has 1 amide bonds. The molecule has 0 aliphatic carbocycles. The summed E-state index contributed by atoms with van der Waals surface area (Å²) in [6.07, 6.45) is 1.77. The van der Waals surface area contributed by atoms with Gasteiger partial charge in [-0.25, -0.2) is 0 Å². The number of ether oxygens (including phenoxy) is 1. The van der Waals surface area contributed by atoms with Gasteiger partial charge in [0.15, 0.2) is 11.5 Å². The monoisotopic (exact) mass is 237 g/mol. The molecule has 0 spiro atoms. The summed E-state index contributed by atoms with van der Waals surface area (Å²) in [5, 5.41) is 13.9. The normalized spacial score (nSPS) is 28.5. The molecule has 0 saturated carbocycles. The lowest BCUT2D eigenvalue weighted by molar-refractivity contribution is -0.142. The van der Waals surface area contributed by atoms with Crippen LogP contribution in [0.25, 0.3) is 0 Å². The van der Waals surface area contributed by atoms with E-state index in [4.69, 9.17) is 4.74 Å². The molecule has 1 N–H and O–H groups in total. The molecule has 0 bridgehead atoms. The average molecular weight is 237 g/mol. The second-order valence-electron chi connectivity index (χ2n) is 4.46. The molecular formula is C11H15N3O3. The zero-order valence-electron chi connectivity index (χ0n) is 9.88.